The number of anilines is 1. The van der Waals surface area contributed by atoms with Gasteiger partial charge in [-0.2, -0.15) is 0 Å². The Morgan fingerprint density at radius 3 is 2.35 bits per heavy atom. The summed E-state index contributed by atoms with van der Waals surface area (Å²) in [5.74, 6) is -0.0735. The molecule has 0 fully saturated rings. The van der Waals surface area contributed by atoms with Crippen LogP contribution in [-0.2, 0) is 7.05 Å². The second-order valence-electron chi connectivity index (χ2n) is 4.40. The van der Waals surface area contributed by atoms with Crippen LogP contribution in [0.1, 0.15) is 21.5 Å². The summed E-state index contributed by atoms with van der Waals surface area (Å²) in [5.41, 5.74) is 3.81. The summed E-state index contributed by atoms with van der Waals surface area (Å²) in [6.45, 7) is 4.04. The molecule has 0 unspecified atom stereocenters. The highest BCUT2D eigenvalue weighted by atomic mass is 16.1. The maximum Gasteiger partial charge on any atom is 0.257 e. The van der Waals surface area contributed by atoms with Crippen molar-refractivity contribution in [3.8, 4) is 0 Å². The highest BCUT2D eigenvalue weighted by Gasteiger charge is 2.07. The first-order chi connectivity index (χ1) is 8.04. The van der Waals surface area contributed by atoms with Gasteiger partial charge in [0.1, 0.15) is 0 Å². The van der Waals surface area contributed by atoms with Crippen molar-refractivity contribution in [1.29, 1.82) is 0 Å². The van der Waals surface area contributed by atoms with E-state index in [1.54, 1.807) is 12.3 Å². The van der Waals surface area contributed by atoms with Crippen molar-refractivity contribution in [3.63, 3.8) is 0 Å². The van der Waals surface area contributed by atoms with Gasteiger partial charge < -0.3 is 9.88 Å². The van der Waals surface area contributed by atoms with E-state index < -0.39 is 0 Å². The number of nitrogens with zero attached hydrogens (tertiary/aromatic N) is 1. The van der Waals surface area contributed by atoms with Crippen molar-refractivity contribution in [1.82, 2.24) is 4.57 Å². The molecule has 3 nitrogen and oxygen atoms in total. The fraction of sp³-hybridized carbons (Fsp3) is 0.214. The van der Waals surface area contributed by atoms with Gasteiger partial charge in [0.05, 0.1) is 5.56 Å². The fourth-order valence-corrected chi connectivity index (χ4v) is 1.89. The lowest BCUT2D eigenvalue weighted by molar-refractivity contribution is 0.102. The van der Waals surface area contributed by atoms with E-state index in [2.05, 4.69) is 11.4 Å². The Morgan fingerprint density at radius 1 is 1.18 bits per heavy atom. The lowest BCUT2D eigenvalue weighted by Crippen LogP contribution is -2.11. The Kier molecular flexibility index (Phi) is 3.00. The van der Waals surface area contributed by atoms with Crippen molar-refractivity contribution in [3.05, 3.63) is 53.3 Å². The Labute approximate surface area is 101 Å². The normalized spacial score (nSPS) is 10.3. The lowest BCUT2D eigenvalue weighted by Gasteiger charge is -2.06. The third-order valence-corrected chi connectivity index (χ3v) is 2.57. The fourth-order valence-electron chi connectivity index (χ4n) is 1.89. The molecule has 2 aromatic rings. The molecular weight excluding hydrogens is 212 g/mol. The minimum atomic E-state index is -0.0735. The molecule has 0 atom stereocenters. The van der Waals surface area contributed by atoms with Crippen LogP contribution >= 0.6 is 0 Å². The van der Waals surface area contributed by atoms with Gasteiger partial charge in [0.15, 0.2) is 0 Å². The van der Waals surface area contributed by atoms with Gasteiger partial charge in [-0.15, -0.1) is 0 Å². The van der Waals surface area contributed by atoms with Crippen molar-refractivity contribution >= 4 is 11.6 Å². The number of hydrogen-bond acceptors (Lipinski definition) is 1. The first kappa shape index (κ1) is 11.5. The molecule has 2 rings (SSSR count). The van der Waals surface area contributed by atoms with E-state index in [0.717, 1.165) is 16.8 Å². The van der Waals surface area contributed by atoms with Gasteiger partial charge in [-0.05, 0) is 43.2 Å². The van der Waals surface area contributed by atoms with Gasteiger partial charge in [0.2, 0.25) is 0 Å². The Morgan fingerprint density at radius 2 is 1.82 bits per heavy atom. The topological polar surface area (TPSA) is 34.0 Å². The first-order valence-electron chi connectivity index (χ1n) is 5.56. The monoisotopic (exact) mass is 228 g/mol. The van der Waals surface area contributed by atoms with Gasteiger partial charge in [-0.3, -0.25) is 4.79 Å². The summed E-state index contributed by atoms with van der Waals surface area (Å²) in [4.78, 5) is 11.9. The minimum Gasteiger partial charge on any atom is -0.356 e. The SMILES string of the molecule is Cc1cc(C)cc(NC(=O)c2ccn(C)c2)c1. The zero-order chi connectivity index (χ0) is 12.4. The molecule has 0 aliphatic rings. The highest BCUT2D eigenvalue weighted by Crippen LogP contribution is 2.15. The molecule has 0 saturated heterocycles. The maximum atomic E-state index is 11.9. The molecule has 0 aliphatic carbocycles. The molecule has 1 aromatic carbocycles. The van der Waals surface area contributed by atoms with Crippen molar-refractivity contribution in [2.75, 3.05) is 5.32 Å². The third kappa shape index (κ3) is 2.75. The molecule has 1 N–H and O–H groups in total. The Balaban J connectivity index is 2.18. The molecule has 0 bridgehead atoms. The molecule has 3 heteroatoms. The van der Waals surface area contributed by atoms with Crippen molar-refractivity contribution < 1.29 is 4.79 Å². The van der Waals surface area contributed by atoms with E-state index in [4.69, 9.17) is 0 Å². The van der Waals surface area contributed by atoms with Gasteiger partial charge in [-0.25, -0.2) is 0 Å². The molecule has 1 amide bonds. The van der Waals surface area contributed by atoms with Gasteiger partial charge in [-0.1, -0.05) is 6.07 Å². The standard InChI is InChI=1S/C14H16N2O/c1-10-6-11(2)8-13(7-10)15-14(17)12-4-5-16(3)9-12/h4-9H,1-3H3,(H,15,17). The van der Waals surface area contributed by atoms with Gasteiger partial charge in [0.25, 0.3) is 5.91 Å². The number of hydrogen-bond donors (Lipinski definition) is 1. The number of aryl methyl sites for hydroxylation is 3. The molecule has 88 valence electrons. The second-order valence-corrected chi connectivity index (χ2v) is 4.40. The summed E-state index contributed by atoms with van der Waals surface area (Å²) in [6, 6.07) is 7.82. The number of carbonyl (C=O) groups excluding carboxylic acids is 1. The average Bonchev–Trinajstić information content (AvgIpc) is 2.63. The summed E-state index contributed by atoms with van der Waals surface area (Å²) in [7, 11) is 1.90. The first-order valence-corrected chi connectivity index (χ1v) is 5.56. The van der Waals surface area contributed by atoms with E-state index in [0.29, 0.717) is 5.56 Å². The van der Waals surface area contributed by atoms with Crippen LogP contribution in [0.5, 0.6) is 0 Å². The molecule has 0 saturated carbocycles. The van der Waals surface area contributed by atoms with E-state index in [-0.39, 0.29) is 5.91 Å². The highest BCUT2D eigenvalue weighted by molar-refractivity contribution is 6.04. The summed E-state index contributed by atoms with van der Waals surface area (Å²) < 4.78 is 1.86. The quantitative estimate of drug-likeness (QED) is 0.842. The zero-order valence-electron chi connectivity index (χ0n) is 10.3. The molecular formula is C14H16N2O. The van der Waals surface area contributed by atoms with Gasteiger partial charge >= 0.3 is 0 Å². The van der Waals surface area contributed by atoms with E-state index in [1.165, 1.54) is 0 Å². The molecule has 0 spiro atoms. The molecule has 0 radical (unpaired) electrons. The summed E-state index contributed by atoms with van der Waals surface area (Å²) in [6.07, 6.45) is 3.66. The molecule has 1 aromatic heterocycles. The number of aromatic nitrogens is 1. The Bertz CT molecular complexity index is 535. The van der Waals surface area contributed by atoms with Gasteiger partial charge in [0, 0.05) is 25.1 Å². The largest absolute Gasteiger partial charge is 0.356 e. The van der Waals surface area contributed by atoms with Crippen LogP contribution in [0.2, 0.25) is 0 Å². The Hall–Kier alpha value is -2.03. The van der Waals surface area contributed by atoms with Crippen LogP contribution in [0.3, 0.4) is 0 Å². The minimum absolute atomic E-state index is 0.0735. The predicted octanol–water partition coefficient (Wildman–Crippen LogP) is 2.89. The van der Waals surface area contributed by atoms with Crippen molar-refractivity contribution in [2.24, 2.45) is 7.05 Å². The van der Waals surface area contributed by atoms with E-state index >= 15 is 0 Å². The average molecular weight is 228 g/mol. The third-order valence-electron chi connectivity index (χ3n) is 2.57. The smallest absolute Gasteiger partial charge is 0.257 e. The van der Waals surface area contributed by atoms with Crippen LogP contribution < -0.4 is 5.32 Å². The van der Waals surface area contributed by atoms with Crippen LogP contribution in [-0.4, -0.2) is 10.5 Å². The van der Waals surface area contributed by atoms with Crippen LogP contribution in [0.25, 0.3) is 0 Å². The van der Waals surface area contributed by atoms with Crippen LogP contribution in [0.15, 0.2) is 36.7 Å². The summed E-state index contributed by atoms with van der Waals surface area (Å²) >= 11 is 0. The molecule has 1 heterocycles. The number of amides is 1. The zero-order valence-corrected chi connectivity index (χ0v) is 10.3. The lowest BCUT2D eigenvalue weighted by atomic mass is 10.1. The molecule has 0 aliphatic heterocycles. The summed E-state index contributed by atoms with van der Waals surface area (Å²) in [5, 5.41) is 2.90. The second kappa shape index (κ2) is 4.45. The number of rotatable bonds is 2. The predicted molar refractivity (Wildman–Crippen MR) is 69.3 cm³/mol. The maximum absolute atomic E-state index is 11.9. The van der Waals surface area contributed by atoms with E-state index in [1.807, 2.05) is 43.8 Å². The number of nitrogens with one attached hydrogen (secondary N) is 1. The van der Waals surface area contributed by atoms with Crippen LogP contribution in [0.4, 0.5) is 5.69 Å². The van der Waals surface area contributed by atoms with Crippen molar-refractivity contribution in [2.45, 2.75) is 13.8 Å². The molecule has 17 heavy (non-hydrogen) atoms. The van der Waals surface area contributed by atoms with Crippen LogP contribution in [0, 0.1) is 13.8 Å². The number of carbonyl (C=O) groups is 1. The number of benzene rings is 1. The van der Waals surface area contributed by atoms with E-state index in [9.17, 15) is 4.79 Å².